The average molecular weight is 360 g/mol. The summed E-state index contributed by atoms with van der Waals surface area (Å²) < 4.78 is 10.9. The summed E-state index contributed by atoms with van der Waals surface area (Å²) in [5.41, 5.74) is 1.41. The summed E-state index contributed by atoms with van der Waals surface area (Å²) in [4.78, 5) is 8.82. The number of hydrogen-bond donors (Lipinski definition) is 2. The fourth-order valence-corrected chi connectivity index (χ4v) is 2.30. The second-order valence-electron chi connectivity index (χ2n) is 6.06. The van der Waals surface area contributed by atoms with Gasteiger partial charge in [-0.05, 0) is 18.9 Å². The molecular formula is C20H28N2O4. The highest BCUT2D eigenvalue weighted by Gasteiger charge is 2.18. The van der Waals surface area contributed by atoms with Crippen LogP contribution in [-0.4, -0.2) is 33.4 Å². The van der Waals surface area contributed by atoms with Crippen LogP contribution in [-0.2, 0) is 9.47 Å². The molecule has 6 nitrogen and oxygen atoms in total. The standard InChI is InChI=1S/C20H28N2O4/c1-3-5-12-25-19(23)16-14-17(20(24)26-13-6-4-2)22-18(21-16)15-10-8-7-9-11-15/h7-11,14,19-20,23-24H,3-6,12-13H2,1-2H3. The van der Waals surface area contributed by atoms with Crippen LogP contribution in [0.25, 0.3) is 11.4 Å². The minimum atomic E-state index is -1.17. The number of aliphatic hydroxyl groups is 2. The Bertz CT molecular complexity index is 617. The quantitative estimate of drug-likeness (QED) is 0.469. The third kappa shape index (κ3) is 6.14. The molecule has 2 rings (SSSR count). The lowest BCUT2D eigenvalue weighted by molar-refractivity contribution is -0.111. The average Bonchev–Trinajstić information content (AvgIpc) is 2.68. The summed E-state index contributed by atoms with van der Waals surface area (Å²) in [6.45, 7) is 4.98. The van der Waals surface area contributed by atoms with Crippen LogP contribution < -0.4 is 0 Å². The van der Waals surface area contributed by atoms with Crippen LogP contribution in [0.5, 0.6) is 0 Å². The van der Waals surface area contributed by atoms with Gasteiger partial charge in [-0.25, -0.2) is 9.97 Å². The summed E-state index contributed by atoms with van der Waals surface area (Å²) in [6.07, 6.45) is 1.30. The fourth-order valence-electron chi connectivity index (χ4n) is 2.30. The molecule has 0 saturated carbocycles. The van der Waals surface area contributed by atoms with Crippen molar-refractivity contribution in [3.8, 4) is 11.4 Å². The lowest BCUT2D eigenvalue weighted by Crippen LogP contribution is -2.13. The van der Waals surface area contributed by atoms with E-state index >= 15 is 0 Å². The first-order valence-corrected chi connectivity index (χ1v) is 9.19. The molecule has 0 fully saturated rings. The highest BCUT2D eigenvalue weighted by Crippen LogP contribution is 2.23. The maximum atomic E-state index is 10.3. The molecule has 1 aromatic carbocycles. The zero-order chi connectivity index (χ0) is 18.8. The van der Waals surface area contributed by atoms with Crippen LogP contribution in [0.15, 0.2) is 36.4 Å². The minimum Gasteiger partial charge on any atom is -0.363 e. The number of unbranched alkanes of at least 4 members (excludes halogenated alkanes) is 2. The van der Waals surface area contributed by atoms with E-state index in [0.717, 1.165) is 31.2 Å². The Morgan fingerprint density at radius 1 is 0.846 bits per heavy atom. The van der Waals surface area contributed by atoms with Crippen LogP contribution in [0, 0.1) is 0 Å². The summed E-state index contributed by atoms with van der Waals surface area (Å²) in [5.74, 6) is 0.411. The van der Waals surface area contributed by atoms with E-state index in [1.165, 1.54) is 6.07 Å². The van der Waals surface area contributed by atoms with Gasteiger partial charge in [0, 0.05) is 5.56 Å². The first kappa shape index (κ1) is 20.5. The molecule has 0 radical (unpaired) electrons. The van der Waals surface area contributed by atoms with E-state index in [-0.39, 0.29) is 0 Å². The Morgan fingerprint density at radius 2 is 1.35 bits per heavy atom. The molecule has 0 bridgehead atoms. The maximum absolute atomic E-state index is 10.3. The molecule has 0 saturated heterocycles. The van der Waals surface area contributed by atoms with Gasteiger partial charge in [-0.15, -0.1) is 0 Å². The smallest absolute Gasteiger partial charge is 0.198 e. The lowest BCUT2D eigenvalue weighted by atomic mass is 10.2. The largest absolute Gasteiger partial charge is 0.363 e. The molecule has 0 aliphatic carbocycles. The summed E-state index contributed by atoms with van der Waals surface area (Å²) in [5, 5.41) is 20.6. The zero-order valence-electron chi connectivity index (χ0n) is 15.5. The van der Waals surface area contributed by atoms with Crippen molar-refractivity contribution in [3.05, 3.63) is 47.8 Å². The van der Waals surface area contributed by atoms with Crippen LogP contribution in [0.1, 0.15) is 63.5 Å². The van der Waals surface area contributed by atoms with Gasteiger partial charge in [0.25, 0.3) is 0 Å². The van der Waals surface area contributed by atoms with Crippen molar-refractivity contribution < 1.29 is 19.7 Å². The number of aliphatic hydroxyl groups excluding tert-OH is 2. The van der Waals surface area contributed by atoms with E-state index in [4.69, 9.17) is 9.47 Å². The van der Waals surface area contributed by atoms with Crippen molar-refractivity contribution in [2.45, 2.75) is 52.1 Å². The molecule has 0 spiro atoms. The number of aromatic nitrogens is 2. The van der Waals surface area contributed by atoms with E-state index in [0.29, 0.717) is 30.4 Å². The lowest BCUT2D eigenvalue weighted by Gasteiger charge is -2.16. The van der Waals surface area contributed by atoms with Gasteiger partial charge in [-0.3, -0.25) is 0 Å². The Hall–Kier alpha value is -1.86. The SMILES string of the molecule is CCCCOC(O)c1cc(C(O)OCCCC)nc(-c2ccccc2)n1. The van der Waals surface area contributed by atoms with E-state index < -0.39 is 12.6 Å². The number of nitrogens with zero attached hydrogens (tertiary/aromatic N) is 2. The summed E-state index contributed by atoms with van der Waals surface area (Å²) in [7, 11) is 0. The minimum absolute atomic E-state index is 0.308. The molecule has 2 unspecified atom stereocenters. The molecule has 1 heterocycles. The second kappa shape index (κ2) is 11.0. The van der Waals surface area contributed by atoms with Crippen molar-refractivity contribution in [2.24, 2.45) is 0 Å². The van der Waals surface area contributed by atoms with E-state index in [2.05, 4.69) is 23.8 Å². The molecule has 0 amide bonds. The van der Waals surface area contributed by atoms with Crippen LogP contribution in [0.2, 0.25) is 0 Å². The first-order chi connectivity index (χ1) is 12.7. The predicted molar refractivity (Wildman–Crippen MR) is 99.1 cm³/mol. The topological polar surface area (TPSA) is 84.7 Å². The molecule has 2 atom stereocenters. The van der Waals surface area contributed by atoms with Crippen molar-refractivity contribution in [2.75, 3.05) is 13.2 Å². The third-order valence-corrected chi connectivity index (χ3v) is 3.85. The van der Waals surface area contributed by atoms with Gasteiger partial charge >= 0.3 is 0 Å². The van der Waals surface area contributed by atoms with Gasteiger partial charge in [-0.2, -0.15) is 0 Å². The van der Waals surface area contributed by atoms with Gasteiger partial charge < -0.3 is 19.7 Å². The molecule has 2 N–H and O–H groups in total. The molecule has 26 heavy (non-hydrogen) atoms. The monoisotopic (exact) mass is 360 g/mol. The van der Waals surface area contributed by atoms with Crippen molar-refractivity contribution in [3.63, 3.8) is 0 Å². The summed E-state index contributed by atoms with van der Waals surface area (Å²) >= 11 is 0. The van der Waals surface area contributed by atoms with Crippen molar-refractivity contribution in [1.29, 1.82) is 0 Å². The molecule has 1 aromatic heterocycles. The molecule has 142 valence electrons. The highest BCUT2D eigenvalue weighted by molar-refractivity contribution is 5.54. The molecule has 2 aromatic rings. The highest BCUT2D eigenvalue weighted by atomic mass is 16.6. The van der Waals surface area contributed by atoms with E-state index in [1.807, 2.05) is 30.3 Å². The number of ether oxygens (including phenoxy) is 2. The van der Waals surface area contributed by atoms with Crippen molar-refractivity contribution in [1.82, 2.24) is 9.97 Å². The zero-order valence-corrected chi connectivity index (χ0v) is 15.5. The van der Waals surface area contributed by atoms with Gasteiger partial charge in [0.05, 0.1) is 13.2 Å². The second-order valence-corrected chi connectivity index (χ2v) is 6.06. The summed E-state index contributed by atoms with van der Waals surface area (Å²) in [6, 6.07) is 10.9. The van der Waals surface area contributed by atoms with Gasteiger partial charge in [-0.1, -0.05) is 57.0 Å². The predicted octanol–water partition coefficient (Wildman–Crippen LogP) is 3.76. The Labute approximate surface area is 154 Å². The third-order valence-electron chi connectivity index (χ3n) is 3.85. The van der Waals surface area contributed by atoms with E-state index in [9.17, 15) is 10.2 Å². The van der Waals surface area contributed by atoms with Crippen molar-refractivity contribution >= 4 is 0 Å². The van der Waals surface area contributed by atoms with Gasteiger partial charge in [0.15, 0.2) is 18.4 Å². The van der Waals surface area contributed by atoms with Gasteiger partial charge in [0.2, 0.25) is 0 Å². The fraction of sp³-hybridized carbons (Fsp3) is 0.500. The van der Waals surface area contributed by atoms with Crippen LogP contribution in [0.3, 0.4) is 0 Å². The number of hydrogen-bond acceptors (Lipinski definition) is 6. The number of benzene rings is 1. The van der Waals surface area contributed by atoms with Gasteiger partial charge in [0.1, 0.15) is 11.4 Å². The molecule has 0 aliphatic rings. The molecule has 0 aliphatic heterocycles. The van der Waals surface area contributed by atoms with Crippen LogP contribution in [0.4, 0.5) is 0 Å². The van der Waals surface area contributed by atoms with Crippen LogP contribution >= 0.6 is 0 Å². The number of rotatable bonds is 11. The Kier molecular flexibility index (Phi) is 8.64. The van der Waals surface area contributed by atoms with E-state index in [1.54, 1.807) is 0 Å². The Morgan fingerprint density at radius 3 is 1.81 bits per heavy atom. The maximum Gasteiger partial charge on any atom is 0.198 e. The first-order valence-electron chi connectivity index (χ1n) is 9.19. The normalized spacial score (nSPS) is 13.5. The molecular weight excluding hydrogens is 332 g/mol. The Balaban J connectivity index is 2.27. The molecule has 6 heteroatoms.